The molecule has 0 amide bonds. The summed E-state index contributed by atoms with van der Waals surface area (Å²) in [5.74, 6) is 0. The molecule has 2 aliphatic rings. The van der Waals surface area contributed by atoms with Crippen LogP contribution in [-0.2, 0) is 20.2 Å². The van der Waals surface area contributed by atoms with Crippen molar-refractivity contribution < 1.29 is 25.9 Å². The van der Waals surface area contributed by atoms with Crippen molar-refractivity contribution in [2.24, 2.45) is 0 Å². The van der Waals surface area contributed by atoms with Crippen molar-refractivity contribution in [1.29, 1.82) is 0 Å². The molecule has 47 heavy (non-hydrogen) atoms. The third-order valence-electron chi connectivity index (χ3n) is 8.57. The number of hydrogen-bond donors (Lipinski definition) is 4. The zero-order chi connectivity index (χ0) is 33.4. The number of hydrogen-bond acceptors (Lipinski definition) is 10. The molecule has 2 aromatic rings. The minimum absolute atomic E-state index is 0. The standard InChI is InChI=1S/2C17H28N2O3S.Ca/c2*1-2-3-4-5-6-7-8-9-10-17-18-15-12-11-14(23(20,21)22)13-16(15)19-17;/h2*11-13,17-19H,2-10H2,1H3,(H,20,21,22);/q;;+2/p-2. The van der Waals surface area contributed by atoms with E-state index in [1.807, 2.05) is 0 Å². The first kappa shape index (κ1) is 41.9. The fraction of sp³-hybridized carbons (Fsp3) is 0.647. The fourth-order valence-corrected chi connectivity index (χ4v) is 6.92. The summed E-state index contributed by atoms with van der Waals surface area (Å²) in [4.78, 5) is -0.364. The maximum atomic E-state index is 11.0. The van der Waals surface area contributed by atoms with Crippen LogP contribution in [0.2, 0.25) is 0 Å². The predicted molar refractivity (Wildman–Crippen MR) is 191 cm³/mol. The summed E-state index contributed by atoms with van der Waals surface area (Å²) < 4.78 is 66.3. The Balaban J connectivity index is 0.000000320. The summed E-state index contributed by atoms with van der Waals surface area (Å²) >= 11 is 0. The maximum absolute atomic E-state index is 11.0. The summed E-state index contributed by atoms with van der Waals surface area (Å²) in [7, 11) is -8.79. The van der Waals surface area contributed by atoms with E-state index < -0.39 is 20.2 Å². The SMILES string of the molecule is CCCCCCCCCCC1Nc2ccc(S(=O)(=O)[O-])cc2N1.CCCCCCCCCCC1Nc2ccc(S(=O)(=O)[O-])cc2N1.[Ca+2]. The van der Waals surface area contributed by atoms with Crippen molar-refractivity contribution in [3.63, 3.8) is 0 Å². The van der Waals surface area contributed by atoms with Crippen LogP contribution in [0.4, 0.5) is 22.7 Å². The van der Waals surface area contributed by atoms with Gasteiger partial charge in [-0.15, -0.1) is 0 Å². The van der Waals surface area contributed by atoms with Gasteiger partial charge in [0, 0.05) is 0 Å². The second-order valence-electron chi connectivity index (χ2n) is 12.5. The van der Waals surface area contributed by atoms with E-state index in [0.29, 0.717) is 11.4 Å². The first-order valence-corrected chi connectivity index (χ1v) is 20.1. The van der Waals surface area contributed by atoms with Gasteiger partial charge in [-0.1, -0.05) is 104 Å². The molecule has 0 saturated carbocycles. The van der Waals surface area contributed by atoms with Crippen LogP contribution in [0.25, 0.3) is 0 Å². The topological polar surface area (TPSA) is 163 Å². The summed E-state index contributed by atoms with van der Waals surface area (Å²) in [5.41, 5.74) is 3.13. The van der Waals surface area contributed by atoms with E-state index in [-0.39, 0.29) is 59.9 Å². The molecule has 4 N–H and O–H groups in total. The summed E-state index contributed by atoms with van der Waals surface area (Å²) in [6, 6.07) is 8.85. The van der Waals surface area contributed by atoms with Crippen molar-refractivity contribution >= 4 is 80.7 Å². The molecule has 260 valence electrons. The van der Waals surface area contributed by atoms with E-state index in [4.69, 9.17) is 0 Å². The third-order valence-corrected chi connectivity index (χ3v) is 10.2. The first-order valence-electron chi connectivity index (χ1n) is 17.3. The summed E-state index contributed by atoms with van der Waals surface area (Å²) in [6.07, 6.45) is 22.8. The summed E-state index contributed by atoms with van der Waals surface area (Å²) in [5, 5.41) is 13.2. The van der Waals surface area contributed by atoms with E-state index in [9.17, 15) is 25.9 Å². The molecule has 2 atom stereocenters. The second kappa shape index (κ2) is 21.7. The Kier molecular flexibility index (Phi) is 19.4. The van der Waals surface area contributed by atoms with E-state index >= 15 is 0 Å². The van der Waals surface area contributed by atoms with E-state index in [1.165, 1.54) is 114 Å². The number of anilines is 4. The largest absolute Gasteiger partial charge is 2.00 e. The molecule has 13 heteroatoms. The van der Waals surface area contributed by atoms with E-state index in [0.717, 1.165) is 37.1 Å². The normalized spacial score (nSPS) is 16.3. The fourth-order valence-electron chi connectivity index (χ4n) is 5.92. The van der Waals surface area contributed by atoms with Gasteiger partial charge in [-0.2, -0.15) is 0 Å². The summed E-state index contributed by atoms with van der Waals surface area (Å²) in [6.45, 7) is 4.46. The molecule has 2 aliphatic heterocycles. The van der Waals surface area contributed by atoms with Crippen molar-refractivity contribution in [1.82, 2.24) is 0 Å². The smallest absolute Gasteiger partial charge is 0.744 e. The molecule has 0 aromatic heterocycles. The quantitative estimate of drug-likeness (QED) is 0.0596. The molecule has 2 aromatic carbocycles. The molecule has 0 spiro atoms. The average molecular weight is 719 g/mol. The van der Waals surface area contributed by atoms with Gasteiger partial charge in [0.1, 0.15) is 20.2 Å². The molecule has 4 rings (SSSR count). The van der Waals surface area contributed by atoms with Crippen LogP contribution in [0, 0.1) is 0 Å². The number of unbranched alkanes of at least 4 members (excludes halogenated alkanes) is 14. The Morgan fingerprint density at radius 1 is 0.489 bits per heavy atom. The van der Waals surface area contributed by atoms with Gasteiger partial charge < -0.3 is 30.4 Å². The Morgan fingerprint density at radius 3 is 1.11 bits per heavy atom. The number of fused-ring (bicyclic) bond motifs is 2. The van der Waals surface area contributed by atoms with Gasteiger partial charge in [-0.3, -0.25) is 0 Å². The molecule has 10 nitrogen and oxygen atoms in total. The maximum Gasteiger partial charge on any atom is 2.00 e. The van der Waals surface area contributed by atoms with Gasteiger partial charge in [-0.25, -0.2) is 16.8 Å². The van der Waals surface area contributed by atoms with Crippen molar-refractivity contribution in [2.45, 2.75) is 152 Å². The minimum Gasteiger partial charge on any atom is -0.744 e. The Hall–Kier alpha value is -1.28. The van der Waals surface area contributed by atoms with Crippen LogP contribution in [0.5, 0.6) is 0 Å². The van der Waals surface area contributed by atoms with E-state index in [1.54, 1.807) is 12.1 Å². The molecule has 0 fully saturated rings. The van der Waals surface area contributed by atoms with Gasteiger partial charge in [0.2, 0.25) is 0 Å². The molecule has 2 heterocycles. The minimum atomic E-state index is -4.39. The third kappa shape index (κ3) is 15.4. The molecule has 2 unspecified atom stereocenters. The zero-order valence-corrected chi connectivity index (χ0v) is 32.2. The Labute approximate surface area is 313 Å². The van der Waals surface area contributed by atoms with Crippen molar-refractivity contribution in [2.75, 3.05) is 21.3 Å². The van der Waals surface area contributed by atoms with Crippen molar-refractivity contribution in [3.8, 4) is 0 Å². The Morgan fingerprint density at radius 2 is 0.787 bits per heavy atom. The van der Waals surface area contributed by atoms with Gasteiger partial charge in [-0.05, 0) is 62.1 Å². The van der Waals surface area contributed by atoms with Gasteiger partial charge in [0.15, 0.2) is 0 Å². The molecule has 0 bridgehead atoms. The average Bonchev–Trinajstić information content (AvgIpc) is 3.62. The van der Waals surface area contributed by atoms with Crippen LogP contribution in [0.15, 0.2) is 46.2 Å². The first-order chi connectivity index (χ1) is 22.0. The number of nitrogens with one attached hydrogen (secondary N) is 4. The van der Waals surface area contributed by atoms with Crippen LogP contribution in [0.3, 0.4) is 0 Å². The molecular formula is C34H54CaN4O6S2. The number of rotatable bonds is 20. The number of benzene rings is 2. The van der Waals surface area contributed by atoms with Gasteiger partial charge >= 0.3 is 37.7 Å². The van der Waals surface area contributed by atoms with Crippen molar-refractivity contribution in [3.05, 3.63) is 36.4 Å². The zero-order valence-electron chi connectivity index (χ0n) is 28.3. The van der Waals surface area contributed by atoms with Crippen LogP contribution in [0.1, 0.15) is 129 Å². The molecule has 0 aliphatic carbocycles. The van der Waals surface area contributed by atoms with E-state index in [2.05, 4.69) is 35.1 Å². The van der Waals surface area contributed by atoms with Gasteiger partial charge in [0.25, 0.3) is 0 Å². The molecular weight excluding hydrogens is 665 g/mol. The van der Waals surface area contributed by atoms with Crippen LogP contribution in [-0.4, -0.2) is 76.0 Å². The Bertz CT molecular complexity index is 1320. The molecule has 0 saturated heterocycles. The molecule has 0 radical (unpaired) electrons. The monoisotopic (exact) mass is 718 g/mol. The van der Waals surface area contributed by atoms with Crippen LogP contribution >= 0.6 is 0 Å². The van der Waals surface area contributed by atoms with Crippen LogP contribution < -0.4 is 21.3 Å². The second-order valence-corrected chi connectivity index (χ2v) is 15.3. The predicted octanol–water partition coefficient (Wildman–Crippen LogP) is 8.19. The van der Waals surface area contributed by atoms with Gasteiger partial charge in [0.05, 0.1) is 44.9 Å².